The summed E-state index contributed by atoms with van der Waals surface area (Å²) >= 11 is 0. The fourth-order valence-corrected chi connectivity index (χ4v) is 10.7. The van der Waals surface area contributed by atoms with Crippen molar-refractivity contribution in [3.05, 3.63) is 246 Å². The summed E-state index contributed by atoms with van der Waals surface area (Å²) in [4.78, 5) is 4.75. The molecular formula is C77H72N4OPt-2. The molecule has 0 radical (unpaired) electrons. The van der Waals surface area contributed by atoms with Crippen LogP contribution in [0.5, 0.6) is 11.5 Å². The topological polar surface area (TPSA) is 35.9 Å². The van der Waals surface area contributed by atoms with Gasteiger partial charge < -0.3 is 13.9 Å². The van der Waals surface area contributed by atoms with Crippen molar-refractivity contribution in [1.29, 1.82) is 0 Å². The summed E-state index contributed by atoms with van der Waals surface area (Å²) in [6.45, 7) is 23.3. The molecule has 83 heavy (non-hydrogen) atoms. The Morgan fingerprint density at radius 3 is 1.82 bits per heavy atom. The van der Waals surface area contributed by atoms with E-state index in [0.717, 1.165) is 66.4 Å². The number of ether oxygens (including phenoxy) is 1. The smallest absolute Gasteiger partial charge is 0.268 e. The van der Waals surface area contributed by atoms with Crippen molar-refractivity contribution < 1.29 is 48.2 Å². The summed E-state index contributed by atoms with van der Waals surface area (Å²) in [6, 6.07) is 46.1. The molecule has 12 rings (SSSR count). The van der Waals surface area contributed by atoms with Crippen LogP contribution in [-0.2, 0) is 42.7 Å². The van der Waals surface area contributed by atoms with Crippen molar-refractivity contribution in [3.63, 3.8) is 0 Å². The Balaban J connectivity index is 0.00000936. The molecule has 0 saturated heterocycles. The second-order valence-corrected chi connectivity index (χ2v) is 25.3. The largest absolute Gasteiger partial charge is 0.510 e. The third kappa shape index (κ3) is 11.1. The minimum atomic E-state index is -2.80. The number of aromatic nitrogens is 4. The van der Waals surface area contributed by atoms with Gasteiger partial charge in [-0.05, 0) is 131 Å². The molecule has 6 heteroatoms. The number of fused-ring (bicyclic) bond motifs is 4. The Labute approximate surface area is 523 Å². The van der Waals surface area contributed by atoms with Gasteiger partial charge in [-0.3, -0.25) is 4.57 Å². The van der Waals surface area contributed by atoms with Crippen molar-refractivity contribution in [2.45, 2.75) is 112 Å². The average molecular weight is 1280 g/mol. The quantitative estimate of drug-likeness (QED) is 0.107. The number of imidazole rings is 1. The van der Waals surface area contributed by atoms with E-state index in [-0.39, 0.29) is 77.5 Å². The van der Waals surface area contributed by atoms with E-state index in [2.05, 4.69) is 167 Å². The van der Waals surface area contributed by atoms with Crippen molar-refractivity contribution in [3.8, 4) is 73.2 Å². The van der Waals surface area contributed by atoms with Crippen LogP contribution in [0.2, 0.25) is 0 Å². The van der Waals surface area contributed by atoms with Crippen LogP contribution >= 0.6 is 0 Å². The number of aryl methyl sites for hydroxylation is 1. The Bertz CT molecular complexity index is 5050. The molecule has 0 N–H and O–H groups in total. The van der Waals surface area contributed by atoms with E-state index in [1.807, 2.05) is 59.2 Å². The van der Waals surface area contributed by atoms with Gasteiger partial charge in [0, 0.05) is 54.0 Å². The van der Waals surface area contributed by atoms with Crippen molar-refractivity contribution in [2.75, 3.05) is 0 Å². The standard InChI is InChI=1S/C77H72N4O.Pt/c1-50-39-72(78-48-66(50)53-25-18-15-19-26-53)81-68-30-21-20-29-63(68)64-37-36-62(47-70(64)81)82-61-28-22-27-60(46-61)79-49-80(69-38-33-54(44-71(69)79)52-31-34-57(35-32-52)74(2,3)4)73-65(56-40-58(75(5,6)7)45-59(41-56)76(8,9)10)42-55(43-67(73)77(11,12)13)51-23-16-14-17-24-51;/h14-45,48H,1-13H3;/q-2;/i1D3,14D,15D,16D,17D,18D,19D,23D,24D,25D,26D;. The summed E-state index contributed by atoms with van der Waals surface area (Å²) in [7, 11) is 0. The maximum atomic E-state index is 9.29. The van der Waals surface area contributed by atoms with Crippen LogP contribution in [0.1, 0.15) is 129 Å². The van der Waals surface area contributed by atoms with Gasteiger partial charge in [0.15, 0.2) is 0 Å². The molecule has 0 aliphatic carbocycles. The van der Waals surface area contributed by atoms with Crippen molar-refractivity contribution in [2.24, 2.45) is 0 Å². The molecule has 418 valence electrons. The number of pyridine rings is 1. The van der Waals surface area contributed by atoms with E-state index in [1.54, 1.807) is 16.7 Å². The molecule has 0 bridgehead atoms. The molecule has 12 aromatic rings. The monoisotopic (exact) mass is 1280 g/mol. The van der Waals surface area contributed by atoms with Gasteiger partial charge in [-0.25, -0.2) is 4.98 Å². The Morgan fingerprint density at radius 2 is 1.16 bits per heavy atom. The molecule has 0 aliphatic heterocycles. The van der Waals surface area contributed by atoms with Gasteiger partial charge in [0.05, 0.1) is 30.4 Å². The Kier molecular flexibility index (Phi) is 11.1. The summed E-state index contributed by atoms with van der Waals surface area (Å²) in [5.74, 6) is 0.811. The molecule has 0 atom stereocenters. The van der Waals surface area contributed by atoms with Crippen LogP contribution < -0.4 is 9.30 Å². The molecule has 0 spiro atoms. The van der Waals surface area contributed by atoms with E-state index in [9.17, 15) is 2.74 Å². The maximum absolute atomic E-state index is 9.29. The average Bonchev–Trinajstić information content (AvgIpc) is 1.35. The molecule has 0 saturated carbocycles. The maximum Gasteiger partial charge on any atom is 0.268 e. The minimum absolute atomic E-state index is 0. The van der Waals surface area contributed by atoms with E-state index in [1.165, 1.54) is 17.8 Å². The molecular weight excluding hydrogens is 1190 g/mol. The number of hydrogen-bond acceptors (Lipinski definition) is 2. The van der Waals surface area contributed by atoms with Gasteiger partial charge in [-0.15, -0.1) is 29.7 Å². The molecule has 3 aromatic heterocycles. The fraction of sp³-hybridized carbons (Fsp3) is 0.221. The molecule has 9 aromatic carbocycles. The second-order valence-electron chi connectivity index (χ2n) is 25.3. The fourth-order valence-electron chi connectivity index (χ4n) is 10.7. The van der Waals surface area contributed by atoms with Crippen molar-refractivity contribution in [1.82, 2.24) is 14.1 Å². The van der Waals surface area contributed by atoms with Gasteiger partial charge >= 0.3 is 0 Å². The predicted molar refractivity (Wildman–Crippen MR) is 341 cm³/mol. The number of benzene rings is 9. The molecule has 0 amide bonds. The first-order chi connectivity index (χ1) is 44.4. The first-order valence-electron chi connectivity index (χ1n) is 34.2. The first-order valence-corrected chi connectivity index (χ1v) is 27.7. The number of nitrogens with zero attached hydrogens (tertiary/aromatic N) is 4. The SMILES string of the molecule is [2H]c1c([2H])c([2H])c(-c2cc(-c3cc(C(C)(C)C)cc(C(C)(C)C)c3)c(-[n+]3[c-]n(-c4[c-]c(Oc5[c-]c6c(cc5)c5ccccc5n6-c5cc(C([2H])([2H])[2H])c(-c6c([2H])c([2H])c([2H])c([2H])c6[2H])cn5)ccc4)c4cc(-c5ccc(C(C)(C)C)cc5)ccc43)c(C(C)(C)C)c2)c([2H])c1[2H].[Pt]. The van der Waals surface area contributed by atoms with Crippen molar-refractivity contribution >= 4 is 32.8 Å². The molecule has 0 unspecified atom stereocenters. The summed E-state index contributed by atoms with van der Waals surface area (Å²) in [5, 5.41) is 1.58. The van der Waals surface area contributed by atoms with Gasteiger partial charge in [0.2, 0.25) is 0 Å². The summed E-state index contributed by atoms with van der Waals surface area (Å²) in [5.41, 5.74) is 10.6. The zero-order valence-electron chi connectivity index (χ0n) is 61.8. The number of hydrogen-bond donors (Lipinski definition) is 0. The Morgan fingerprint density at radius 1 is 0.506 bits per heavy atom. The van der Waals surface area contributed by atoms with Gasteiger partial charge in [-0.2, -0.15) is 18.2 Å². The van der Waals surface area contributed by atoms with Crippen LogP contribution in [0.25, 0.3) is 94.5 Å². The van der Waals surface area contributed by atoms with Crippen LogP contribution in [-0.4, -0.2) is 14.1 Å². The molecule has 5 nitrogen and oxygen atoms in total. The summed E-state index contributed by atoms with van der Waals surface area (Å²) in [6.07, 6.45) is 5.08. The third-order valence-corrected chi connectivity index (χ3v) is 15.3. The molecule has 0 aliphatic rings. The third-order valence-electron chi connectivity index (χ3n) is 15.3. The first kappa shape index (κ1) is 42.7. The van der Waals surface area contributed by atoms with E-state index in [0.29, 0.717) is 33.8 Å². The van der Waals surface area contributed by atoms with Gasteiger partial charge in [0.25, 0.3) is 6.33 Å². The van der Waals surface area contributed by atoms with Crippen LogP contribution in [0.3, 0.4) is 0 Å². The van der Waals surface area contributed by atoms with E-state index >= 15 is 0 Å². The summed E-state index contributed by atoms with van der Waals surface area (Å²) < 4.78 is 126. The second kappa shape index (κ2) is 21.6. The van der Waals surface area contributed by atoms with Crippen LogP contribution in [0.15, 0.2) is 200 Å². The number of rotatable bonds is 9. The zero-order valence-corrected chi connectivity index (χ0v) is 51.1. The predicted octanol–water partition coefficient (Wildman–Crippen LogP) is 19.8. The molecule has 3 heterocycles. The Hall–Kier alpha value is -8.11. The van der Waals surface area contributed by atoms with Crippen LogP contribution in [0, 0.1) is 25.3 Å². The van der Waals surface area contributed by atoms with Gasteiger partial charge in [0.1, 0.15) is 5.82 Å². The van der Waals surface area contributed by atoms with Crippen LogP contribution in [0.4, 0.5) is 0 Å². The van der Waals surface area contributed by atoms with Gasteiger partial charge in [-0.1, -0.05) is 228 Å². The molecule has 0 fully saturated rings. The normalized spacial score (nSPS) is 14.7. The zero-order chi connectivity index (χ0) is 68.7. The van der Waals surface area contributed by atoms with E-state index < -0.39 is 60.6 Å². The minimum Gasteiger partial charge on any atom is -0.510 e. The number of para-hydroxylation sites is 1. The van der Waals surface area contributed by atoms with E-state index in [4.69, 9.17) is 24.8 Å².